The van der Waals surface area contributed by atoms with Crippen LogP contribution in [0.3, 0.4) is 0 Å². The lowest BCUT2D eigenvalue weighted by Crippen LogP contribution is -2.14. The van der Waals surface area contributed by atoms with E-state index < -0.39 is 0 Å². The molecule has 3 heteroatoms. The third kappa shape index (κ3) is 5.00. The van der Waals surface area contributed by atoms with Gasteiger partial charge in [0.25, 0.3) is 0 Å². The van der Waals surface area contributed by atoms with Crippen LogP contribution in [-0.4, -0.2) is 11.7 Å². The second-order valence-corrected chi connectivity index (χ2v) is 6.94. The number of halogens is 1. The second kappa shape index (κ2) is 8.79. The molecule has 2 nitrogen and oxygen atoms in total. The topological polar surface area (TPSA) is 29.5 Å². The lowest BCUT2D eigenvalue weighted by atomic mass is 9.84. The van der Waals surface area contributed by atoms with Crippen molar-refractivity contribution in [1.29, 1.82) is 0 Å². The Morgan fingerprint density at radius 2 is 1.86 bits per heavy atom. The summed E-state index contributed by atoms with van der Waals surface area (Å²) in [7, 11) is 0. The Balaban J connectivity index is 2.03. The van der Waals surface area contributed by atoms with Crippen molar-refractivity contribution in [1.82, 2.24) is 0 Å². The van der Waals surface area contributed by atoms with Crippen LogP contribution in [0.5, 0.6) is 5.75 Å². The van der Waals surface area contributed by atoms with Crippen LogP contribution >= 0.6 is 15.9 Å². The molecular formula is C18H27BrO2. The van der Waals surface area contributed by atoms with Crippen LogP contribution in [0.15, 0.2) is 22.7 Å². The van der Waals surface area contributed by atoms with Crippen molar-refractivity contribution in [2.45, 2.75) is 64.4 Å². The number of aliphatic hydroxyl groups is 1. The number of hydrogen-bond donors (Lipinski definition) is 1. The van der Waals surface area contributed by atoms with Gasteiger partial charge >= 0.3 is 0 Å². The maximum Gasteiger partial charge on any atom is 0.133 e. The predicted molar refractivity (Wildman–Crippen MR) is 90.7 cm³/mol. The van der Waals surface area contributed by atoms with Gasteiger partial charge in [0.1, 0.15) is 5.75 Å². The Kier molecular flexibility index (Phi) is 7.05. The maximum absolute atomic E-state index is 10.7. The first kappa shape index (κ1) is 16.8. The molecule has 1 aliphatic carbocycles. The maximum atomic E-state index is 10.7. The Labute approximate surface area is 137 Å². The molecule has 0 saturated heterocycles. The normalized spacial score (nSPS) is 18.8. The molecule has 2 rings (SSSR count). The minimum atomic E-state index is -0.348. The number of benzene rings is 1. The van der Waals surface area contributed by atoms with E-state index in [0.29, 0.717) is 5.92 Å². The molecule has 1 fully saturated rings. The average Bonchev–Trinajstić information content (AvgIpc) is 2.45. The first-order valence-electron chi connectivity index (χ1n) is 8.32. The van der Waals surface area contributed by atoms with Crippen molar-refractivity contribution >= 4 is 15.9 Å². The van der Waals surface area contributed by atoms with E-state index in [4.69, 9.17) is 4.74 Å². The molecule has 118 valence electrons. The van der Waals surface area contributed by atoms with Crippen LogP contribution in [-0.2, 0) is 0 Å². The summed E-state index contributed by atoms with van der Waals surface area (Å²) in [5, 5.41) is 10.7. The van der Waals surface area contributed by atoms with Gasteiger partial charge in [0.15, 0.2) is 0 Å². The van der Waals surface area contributed by atoms with E-state index in [1.54, 1.807) is 0 Å². The van der Waals surface area contributed by atoms with Gasteiger partial charge in [0, 0.05) is 0 Å². The van der Waals surface area contributed by atoms with Crippen molar-refractivity contribution < 1.29 is 9.84 Å². The average molecular weight is 355 g/mol. The smallest absolute Gasteiger partial charge is 0.133 e. The SMILES string of the molecule is CCCOc1ccc(C(O)C2CCCCCCC2)cc1Br. The molecule has 0 amide bonds. The van der Waals surface area contributed by atoms with Crippen molar-refractivity contribution in [3.05, 3.63) is 28.2 Å². The van der Waals surface area contributed by atoms with Gasteiger partial charge in [-0.3, -0.25) is 0 Å². The quantitative estimate of drug-likeness (QED) is 0.741. The zero-order valence-corrected chi connectivity index (χ0v) is 14.6. The van der Waals surface area contributed by atoms with Crippen LogP contribution in [0.25, 0.3) is 0 Å². The minimum Gasteiger partial charge on any atom is -0.492 e. The van der Waals surface area contributed by atoms with E-state index in [1.165, 1.54) is 32.1 Å². The van der Waals surface area contributed by atoms with Crippen molar-refractivity contribution in [2.24, 2.45) is 5.92 Å². The van der Waals surface area contributed by atoms with Gasteiger partial charge in [-0.25, -0.2) is 0 Å². The molecule has 21 heavy (non-hydrogen) atoms. The number of rotatable bonds is 5. The second-order valence-electron chi connectivity index (χ2n) is 6.09. The fraction of sp³-hybridized carbons (Fsp3) is 0.667. The van der Waals surface area contributed by atoms with Crippen LogP contribution in [0.2, 0.25) is 0 Å². The fourth-order valence-corrected chi connectivity index (χ4v) is 3.62. The zero-order valence-electron chi connectivity index (χ0n) is 13.0. The van der Waals surface area contributed by atoms with Gasteiger partial charge in [0.05, 0.1) is 17.2 Å². The number of ether oxygens (including phenoxy) is 1. The van der Waals surface area contributed by atoms with Crippen molar-refractivity contribution in [3.63, 3.8) is 0 Å². The molecular weight excluding hydrogens is 328 g/mol. The molecule has 1 aliphatic rings. The van der Waals surface area contributed by atoms with Gasteiger partial charge in [-0.15, -0.1) is 0 Å². The van der Waals surface area contributed by atoms with Gasteiger partial charge in [-0.05, 0) is 58.8 Å². The summed E-state index contributed by atoms with van der Waals surface area (Å²) in [6.07, 6.45) is 9.44. The molecule has 1 unspecified atom stereocenters. The molecule has 0 spiro atoms. The summed E-state index contributed by atoms with van der Waals surface area (Å²) in [5.41, 5.74) is 1.01. The third-order valence-corrected chi connectivity index (χ3v) is 4.98. The van der Waals surface area contributed by atoms with Crippen LogP contribution < -0.4 is 4.74 Å². The molecule has 1 N–H and O–H groups in total. The van der Waals surface area contributed by atoms with Gasteiger partial charge in [-0.1, -0.05) is 45.1 Å². The van der Waals surface area contributed by atoms with E-state index in [-0.39, 0.29) is 6.10 Å². The van der Waals surface area contributed by atoms with Crippen LogP contribution in [0.1, 0.15) is 70.0 Å². The summed E-state index contributed by atoms with van der Waals surface area (Å²) < 4.78 is 6.62. The molecule has 0 aromatic heterocycles. The van der Waals surface area contributed by atoms with E-state index >= 15 is 0 Å². The molecule has 1 aromatic rings. The first-order valence-corrected chi connectivity index (χ1v) is 9.12. The monoisotopic (exact) mass is 354 g/mol. The van der Waals surface area contributed by atoms with E-state index in [2.05, 4.69) is 22.9 Å². The summed E-state index contributed by atoms with van der Waals surface area (Å²) in [6, 6.07) is 6.01. The van der Waals surface area contributed by atoms with Gasteiger partial charge < -0.3 is 9.84 Å². The number of hydrogen-bond acceptors (Lipinski definition) is 2. The largest absolute Gasteiger partial charge is 0.492 e. The highest BCUT2D eigenvalue weighted by Gasteiger charge is 2.22. The molecule has 0 aliphatic heterocycles. The molecule has 0 radical (unpaired) electrons. The Bertz CT molecular complexity index is 425. The number of aliphatic hydroxyl groups excluding tert-OH is 1. The van der Waals surface area contributed by atoms with Crippen molar-refractivity contribution in [3.8, 4) is 5.75 Å². The summed E-state index contributed by atoms with van der Waals surface area (Å²) >= 11 is 3.56. The van der Waals surface area contributed by atoms with Crippen molar-refractivity contribution in [2.75, 3.05) is 6.61 Å². The zero-order chi connectivity index (χ0) is 15.1. The molecule has 0 bridgehead atoms. The lowest BCUT2D eigenvalue weighted by Gasteiger charge is -2.25. The molecule has 1 saturated carbocycles. The van der Waals surface area contributed by atoms with Crippen LogP contribution in [0.4, 0.5) is 0 Å². The Hall–Kier alpha value is -0.540. The highest BCUT2D eigenvalue weighted by Crippen LogP contribution is 2.35. The standard InChI is InChI=1S/C18H27BrO2/c1-2-12-21-17-11-10-15(13-16(17)19)18(20)14-8-6-4-3-5-7-9-14/h10-11,13-14,18,20H,2-9,12H2,1H3. The molecule has 0 heterocycles. The predicted octanol–water partition coefficient (Wildman–Crippen LogP) is 5.63. The highest BCUT2D eigenvalue weighted by atomic mass is 79.9. The minimum absolute atomic E-state index is 0.348. The molecule has 1 aromatic carbocycles. The Morgan fingerprint density at radius 1 is 1.19 bits per heavy atom. The van der Waals surface area contributed by atoms with Crippen LogP contribution in [0, 0.1) is 5.92 Å². The highest BCUT2D eigenvalue weighted by molar-refractivity contribution is 9.10. The van der Waals surface area contributed by atoms with E-state index in [9.17, 15) is 5.11 Å². The molecule has 1 atom stereocenters. The Morgan fingerprint density at radius 3 is 2.48 bits per heavy atom. The third-order valence-electron chi connectivity index (χ3n) is 4.36. The van der Waals surface area contributed by atoms with Gasteiger partial charge in [0.2, 0.25) is 0 Å². The van der Waals surface area contributed by atoms with E-state index in [1.807, 2.05) is 18.2 Å². The summed E-state index contributed by atoms with van der Waals surface area (Å²) in [6.45, 7) is 2.82. The summed E-state index contributed by atoms with van der Waals surface area (Å²) in [4.78, 5) is 0. The first-order chi connectivity index (χ1) is 10.2. The van der Waals surface area contributed by atoms with E-state index in [0.717, 1.165) is 41.7 Å². The summed E-state index contributed by atoms with van der Waals surface area (Å²) in [5.74, 6) is 1.27. The lowest BCUT2D eigenvalue weighted by molar-refractivity contribution is 0.0911. The fourth-order valence-electron chi connectivity index (χ4n) is 3.11. The van der Waals surface area contributed by atoms with Gasteiger partial charge in [-0.2, -0.15) is 0 Å².